The van der Waals surface area contributed by atoms with Gasteiger partial charge in [0.05, 0.1) is 0 Å². The minimum absolute atomic E-state index is 0.301. The molecule has 0 aliphatic carbocycles. The zero-order chi connectivity index (χ0) is 18.6. The molecule has 0 fully saturated rings. The van der Waals surface area contributed by atoms with Gasteiger partial charge in [-0.3, -0.25) is 4.79 Å². The largest absolute Gasteiger partial charge is 0.573 e. The fraction of sp³-hybridized carbons (Fsp3) is 0.278. The highest BCUT2D eigenvalue weighted by Gasteiger charge is 2.31. The molecule has 0 spiro atoms. The van der Waals surface area contributed by atoms with Gasteiger partial charge >= 0.3 is 6.36 Å². The molecule has 0 heterocycles. The van der Waals surface area contributed by atoms with Gasteiger partial charge in [0.2, 0.25) is 5.91 Å². The number of anilines is 2. The maximum Gasteiger partial charge on any atom is 0.573 e. The van der Waals surface area contributed by atoms with Crippen molar-refractivity contribution >= 4 is 17.3 Å². The van der Waals surface area contributed by atoms with Crippen LogP contribution in [0.5, 0.6) is 5.75 Å². The van der Waals surface area contributed by atoms with E-state index in [-0.39, 0.29) is 11.7 Å². The zero-order valence-electron chi connectivity index (χ0n) is 14.1. The van der Waals surface area contributed by atoms with Crippen molar-refractivity contribution in [2.75, 3.05) is 10.6 Å². The van der Waals surface area contributed by atoms with Crippen LogP contribution < -0.4 is 15.4 Å². The molecule has 2 aromatic carbocycles. The minimum atomic E-state index is -4.74. The summed E-state index contributed by atoms with van der Waals surface area (Å²) in [7, 11) is 0. The average Bonchev–Trinajstić information content (AvgIpc) is 2.51. The van der Waals surface area contributed by atoms with Crippen molar-refractivity contribution in [1.82, 2.24) is 0 Å². The van der Waals surface area contributed by atoms with Crippen LogP contribution in [0.25, 0.3) is 0 Å². The monoisotopic (exact) mass is 352 g/mol. The van der Waals surface area contributed by atoms with Gasteiger partial charge in [-0.05, 0) is 62.2 Å². The van der Waals surface area contributed by atoms with Gasteiger partial charge in [-0.2, -0.15) is 0 Å². The number of carbonyl (C=O) groups is 1. The Labute approximate surface area is 144 Å². The molecule has 0 bridgehead atoms. The number of aryl methyl sites for hydroxylation is 2. The van der Waals surface area contributed by atoms with Crippen LogP contribution in [0.1, 0.15) is 18.1 Å². The van der Waals surface area contributed by atoms with Gasteiger partial charge < -0.3 is 15.4 Å². The molecule has 0 aromatic heterocycles. The average molecular weight is 352 g/mol. The van der Waals surface area contributed by atoms with Gasteiger partial charge in [-0.25, -0.2) is 0 Å². The first kappa shape index (κ1) is 18.6. The first-order chi connectivity index (χ1) is 11.6. The van der Waals surface area contributed by atoms with Crippen LogP contribution in [0.4, 0.5) is 24.5 Å². The summed E-state index contributed by atoms with van der Waals surface area (Å²) in [5.74, 6) is -0.641. The molecule has 0 aliphatic heterocycles. The molecule has 134 valence electrons. The van der Waals surface area contributed by atoms with E-state index >= 15 is 0 Å². The van der Waals surface area contributed by atoms with Gasteiger partial charge in [0, 0.05) is 11.4 Å². The lowest BCUT2D eigenvalue weighted by Crippen LogP contribution is -2.32. The Hall–Kier alpha value is -2.70. The highest BCUT2D eigenvalue weighted by molar-refractivity contribution is 5.96. The highest BCUT2D eigenvalue weighted by Crippen LogP contribution is 2.24. The summed E-state index contributed by atoms with van der Waals surface area (Å²) < 4.78 is 40.2. The Balaban J connectivity index is 1.97. The van der Waals surface area contributed by atoms with Crippen LogP contribution >= 0.6 is 0 Å². The van der Waals surface area contributed by atoms with E-state index in [9.17, 15) is 18.0 Å². The van der Waals surface area contributed by atoms with Crippen LogP contribution in [0.2, 0.25) is 0 Å². The number of carbonyl (C=O) groups excluding carboxylic acids is 1. The lowest BCUT2D eigenvalue weighted by atomic mass is 10.1. The SMILES string of the molecule is Cc1ccc(C)c(N[C@@H](C)C(=O)Nc2ccc(OC(F)(F)F)cc2)c1. The zero-order valence-corrected chi connectivity index (χ0v) is 14.1. The van der Waals surface area contributed by atoms with E-state index in [0.717, 1.165) is 28.9 Å². The van der Waals surface area contributed by atoms with Crippen molar-refractivity contribution < 1.29 is 22.7 Å². The van der Waals surface area contributed by atoms with Crippen LogP contribution in [-0.2, 0) is 4.79 Å². The normalized spacial score (nSPS) is 12.4. The Bertz CT molecular complexity index is 743. The van der Waals surface area contributed by atoms with E-state index in [4.69, 9.17) is 0 Å². The molecule has 2 N–H and O–H groups in total. The second kappa shape index (κ2) is 7.46. The van der Waals surface area contributed by atoms with Gasteiger partial charge in [0.25, 0.3) is 0 Å². The number of hydrogen-bond acceptors (Lipinski definition) is 3. The number of hydrogen-bond donors (Lipinski definition) is 2. The van der Waals surface area contributed by atoms with Crippen molar-refractivity contribution in [2.45, 2.75) is 33.2 Å². The summed E-state index contributed by atoms with van der Waals surface area (Å²) in [5.41, 5.74) is 3.32. The van der Waals surface area contributed by atoms with Crippen molar-refractivity contribution in [1.29, 1.82) is 0 Å². The molecule has 0 unspecified atom stereocenters. The number of halogens is 3. The number of alkyl halides is 3. The van der Waals surface area contributed by atoms with E-state index in [0.29, 0.717) is 5.69 Å². The van der Waals surface area contributed by atoms with Crippen molar-refractivity contribution in [3.63, 3.8) is 0 Å². The molecule has 2 rings (SSSR count). The predicted octanol–water partition coefficient (Wildman–Crippen LogP) is 4.64. The van der Waals surface area contributed by atoms with Crippen molar-refractivity contribution in [3.05, 3.63) is 53.6 Å². The van der Waals surface area contributed by atoms with Crippen LogP contribution in [-0.4, -0.2) is 18.3 Å². The van der Waals surface area contributed by atoms with Gasteiger partial charge in [0.15, 0.2) is 0 Å². The molecule has 0 radical (unpaired) electrons. The van der Waals surface area contributed by atoms with E-state index in [2.05, 4.69) is 15.4 Å². The number of ether oxygens (including phenoxy) is 1. The Morgan fingerprint density at radius 3 is 2.32 bits per heavy atom. The molecule has 2 aromatic rings. The summed E-state index contributed by atoms with van der Waals surface area (Å²) in [6.45, 7) is 5.60. The van der Waals surface area contributed by atoms with Crippen LogP contribution in [0.15, 0.2) is 42.5 Å². The lowest BCUT2D eigenvalue weighted by molar-refractivity contribution is -0.274. The molecule has 1 amide bonds. The molecule has 0 saturated heterocycles. The third kappa shape index (κ3) is 5.70. The van der Waals surface area contributed by atoms with E-state index < -0.39 is 12.4 Å². The first-order valence-electron chi connectivity index (χ1n) is 7.64. The van der Waals surface area contributed by atoms with E-state index in [1.807, 2.05) is 32.0 Å². The molecular formula is C18H19F3N2O2. The number of amides is 1. The van der Waals surface area contributed by atoms with E-state index in [1.165, 1.54) is 12.1 Å². The third-order valence-electron chi connectivity index (χ3n) is 3.51. The number of nitrogens with one attached hydrogen (secondary N) is 2. The summed E-state index contributed by atoms with van der Waals surface area (Å²) >= 11 is 0. The van der Waals surface area contributed by atoms with Crippen LogP contribution in [0, 0.1) is 13.8 Å². The number of benzene rings is 2. The maximum absolute atomic E-state index is 12.2. The molecule has 4 nitrogen and oxygen atoms in total. The van der Waals surface area contributed by atoms with E-state index in [1.54, 1.807) is 6.92 Å². The van der Waals surface area contributed by atoms with Crippen LogP contribution in [0.3, 0.4) is 0 Å². The standard InChI is InChI=1S/C18H19F3N2O2/c1-11-4-5-12(2)16(10-11)22-13(3)17(24)23-14-6-8-15(9-7-14)25-18(19,20)21/h4-10,13,22H,1-3H3,(H,23,24)/t13-/m0/s1. The molecule has 0 saturated carbocycles. The highest BCUT2D eigenvalue weighted by atomic mass is 19.4. The predicted molar refractivity (Wildman–Crippen MR) is 90.8 cm³/mol. The Morgan fingerprint density at radius 1 is 1.08 bits per heavy atom. The number of rotatable bonds is 5. The summed E-state index contributed by atoms with van der Waals surface area (Å²) in [6.07, 6.45) is -4.74. The fourth-order valence-corrected chi connectivity index (χ4v) is 2.18. The molecule has 1 atom stereocenters. The minimum Gasteiger partial charge on any atom is -0.406 e. The summed E-state index contributed by atoms with van der Waals surface area (Å²) in [6, 6.07) is 10.4. The molecule has 7 heteroatoms. The third-order valence-corrected chi connectivity index (χ3v) is 3.51. The van der Waals surface area contributed by atoms with Gasteiger partial charge in [-0.15, -0.1) is 13.2 Å². The molecular weight excluding hydrogens is 333 g/mol. The molecule has 0 aliphatic rings. The lowest BCUT2D eigenvalue weighted by Gasteiger charge is -2.17. The molecule has 25 heavy (non-hydrogen) atoms. The summed E-state index contributed by atoms with van der Waals surface area (Å²) in [4.78, 5) is 12.2. The van der Waals surface area contributed by atoms with Gasteiger partial charge in [-0.1, -0.05) is 12.1 Å². The van der Waals surface area contributed by atoms with Crippen molar-refractivity contribution in [3.8, 4) is 5.75 Å². The fourth-order valence-electron chi connectivity index (χ4n) is 2.18. The second-order valence-corrected chi connectivity index (χ2v) is 5.75. The maximum atomic E-state index is 12.2. The Morgan fingerprint density at radius 2 is 1.72 bits per heavy atom. The second-order valence-electron chi connectivity index (χ2n) is 5.75. The first-order valence-corrected chi connectivity index (χ1v) is 7.64. The van der Waals surface area contributed by atoms with Crippen molar-refractivity contribution in [2.24, 2.45) is 0 Å². The Kier molecular flexibility index (Phi) is 5.56. The topological polar surface area (TPSA) is 50.4 Å². The summed E-state index contributed by atoms with van der Waals surface area (Å²) in [5, 5.41) is 5.78. The quantitative estimate of drug-likeness (QED) is 0.824. The smallest absolute Gasteiger partial charge is 0.406 e. The van der Waals surface area contributed by atoms with Gasteiger partial charge in [0.1, 0.15) is 11.8 Å².